The molecule has 2 rings (SSSR count). The lowest BCUT2D eigenvalue weighted by Crippen LogP contribution is -2.59. The van der Waals surface area contributed by atoms with E-state index in [1.807, 2.05) is 0 Å². The van der Waals surface area contributed by atoms with Crippen LogP contribution in [0.25, 0.3) is 11.0 Å². The Kier molecular flexibility index (Phi) is 13.5. The Hall–Kier alpha value is -5.65. The molecule has 0 radical (unpaired) electrons. The second kappa shape index (κ2) is 16.8. The largest absolute Gasteiger partial charge is 0.422 e. The van der Waals surface area contributed by atoms with Gasteiger partial charge in [0.2, 0.25) is 41.4 Å². The van der Waals surface area contributed by atoms with Crippen molar-refractivity contribution < 1.29 is 42.8 Å². The third-order valence-electron chi connectivity index (χ3n) is 7.14. The van der Waals surface area contributed by atoms with Crippen molar-refractivity contribution in [3.05, 3.63) is 39.7 Å². The van der Waals surface area contributed by atoms with Crippen LogP contribution in [0.15, 0.2) is 27.4 Å². The Balaban J connectivity index is 2.28. The number of hydrogen-bond donors (Lipinski definition) is 8. The van der Waals surface area contributed by atoms with Crippen molar-refractivity contribution in [1.82, 2.24) is 16.0 Å². The van der Waals surface area contributed by atoms with Gasteiger partial charge in [-0.1, -0.05) is 13.8 Å². The molecule has 12 N–H and O–H groups in total. The van der Waals surface area contributed by atoms with E-state index in [1.165, 1.54) is 25.1 Å². The first-order valence-corrected chi connectivity index (χ1v) is 14.7. The minimum Gasteiger partial charge on any atom is -0.422 e. The third-order valence-corrected chi connectivity index (χ3v) is 7.14. The fourth-order valence-corrected chi connectivity index (χ4v) is 4.67. The highest BCUT2D eigenvalue weighted by Crippen LogP contribution is 2.23. The first kappa shape index (κ1) is 38.5. The predicted molar refractivity (Wildman–Crippen MR) is 171 cm³/mol. The van der Waals surface area contributed by atoms with E-state index in [0.717, 1.165) is 0 Å². The monoisotopic (exact) mass is 672 g/mol. The molecule has 48 heavy (non-hydrogen) atoms. The highest BCUT2D eigenvalue weighted by Gasteiger charge is 2.33. The Labute approximate surface area is 274 Å². The highest BCUT2D eigenvalue weighted by molar-refractivity contribution is 6.03. The predicted octanol–water partition coefficient (Wildman–Crippen LogP) is -2.30. The van der Waals surface area contributed by atoms with Crippen molar-refractivity contribution >= 4 is 63.8 Å². The first-order chi connectivity index (χ1) is 22.3. The molecule has 0 saturated carbocycles. The molecule has 260 valence electrons. The van der Waals surface area contributed by atoms with Gasteiger partial charge < -0.3 is 48.6 Å². The summed E-state index contributed by atoms with van der Waals surface area (Å²) < 4.78 is 5.25. The summed E-state index contributed by atoms with van der Waals surface area (Å²) in [6.07, 6.45) is -1.78. The first-order valence-electron chi connectivity index (χ1n) is 14.7. The number of primary amides is 3. The number of anilines is 1. The van der Waals surface area contributed by atoms with Gasteiger partial charge in [0.05, 0.1) is 18.9 Å². The Morgan fingerprint density at radius 1 is 0.792 bits per heavy atom. The van der Waals surface area contributed by atoms with E-state index in [0.29, 0.717) is 10.9 Å². The average molecular weight is 673 g/mol. The summed E-state index contributed by atoms with van der Waals surface area (Å²) in [7, 11) is 0. The van der Waals surface area contributed by atoms with Crippen molar-refractivity contribution in [3.63, 3.8) is 0 Å². The van der Waals surface area contributed by atoms with E-state index >= 15 is 0 Å². The highest BCUT2D eigenvalue weighted by atomic mass is 16.4. The van der Waals surface area contributed by atoms with Crippen molar-refractivity contribution in [2.45, 2.75) is 77.5 Å². The number of benzene rings is 1. The minimum absolute atomic E-state index is 0.0620. The molecule has 0 bridgehead atoms. The number of carbonyl (C=O) groups is 8. The van der Waals surface area contributed by atoms with Gasteiger partial charge in [-0.3, -0.25) is 38.4 Å². The Morgan fingerprint density at radius 2 is 1.40 bits per heavy atom. The molecular formula is C30H40N8O10. The third kappa shape index (κ3) is 10.7. The maximum Gasteiger partial charge on any atom is 0.347 e. The maximum atomic E-state index is 13.4. The number of Topliss-reactive ketones (excluding diaryl/α,β-unsaturated/α-hetero) is 1. The lowest BCUT2D eigenvalue weighted by molar-refractivity contribution is -0.135. The van der Waals surface area contributed by atoms with Gasteiger partial charge in [0.15, 0.2) is 5.78 Å². The molecule has 0 aliphatic carbocycles. The molecule has 0 aliphatic rings. The number of nitrogens with two attached hydrogens (primary N) is 4. The molecule has 1 aromatic carbocycles. The van der Waals surface area contributed by atoms with Gasteiger partial charge in [-0.15, -0.1) is 0 Å². The van der Waals surface area contributed by atoms with Crippen LogP contribution in [0.1, 0.15) is 62.4 Å². The van der Waals surface area contributed by atoms with E-state index in [2.05, 4.69) is 21.3 Å². The van der Waals surface area contributed by atoms with Crippen LogP contribution in [0.2, 0.25) is 0 Å². The van der Waals surface area contributed by atoms with Gasteiger partial charge in [-0.2, -0.15) is 0 Å². The normalized spacial score (nSPS) is 13.5. The summed E-state index contributed by atoms with van der Waals surface area (Å²) in [5, 5.41) is 10.1. The number of carbonyl (C=O) groups excluding carboxylic acids is 8. The molecule has 2 aromatic rings. The molecule has 0 spiro atoms. The van der Waals surface area contributed by atoms with Crippen LogP contribution >= 0.6 is 0 Å². The van der Waals surface area contributed by atoms with Crippen molar-refractivity contribution in [3.8, 4) is 0 Å². The Bertz CT molecular complexity index is 1690. The van der Waals surface area contributed by atoms with Gasteiger partial charge >= 0.3 is 5.63 Å². The number of aryl methyl sites for hydroxylation is 1. The van der Waals surface area contributed by atoms with Crippen LogP contribution in [0.5, 0.6) is 0 Å². The van der Waals surface area contributed by atoms with Gasteiger partial charge in [0.1, 0.15) is 29.3 Å². The van der Waals surface area contributed by atoms with Crippen LogP contribution in [0, 0.1) is 12.8 Å². The smallest absolute Gasteiger partial charge is 0.347 e. The van der Waals surface area contributed by atoms with Crippen LogP contribution in [0.4, 0.5) is 5.69 Å². The second-order valence-corrected chi connectivity index (χ2v) is 11.5. The summed E-state index contributed by atoms with van der Waals surface area (Å²) >= 11 is 0. The standard InChI is InChI=1S/C30H40N8O10/c1-12(2)25(38-27(44)18(7-8-21(32)40)36-26(43)17(31)10-22(33)41)29(46)37-19(11-23(34)42)28(45)35-15-5-6-16-13(3)24(14(4)39)30(47)48-20(16)9-15/h5-6,9,12,17-19,25H,7-8,10-11,31H2,1-4H3,(H2,32,40)(H2,33,41)(H2,34,42)(H,35,45)(H,36,43)(H,37,46)(H,38,44)/t17-,18-,19-,25-/m0/s1. The molecule has 1 heterocycles. The average Bonchev–Trinajstić information content (AvgIpc) is 2.95. The van der Waals surface area contributed by atoms with Gasteiger partial charge in [-0.05, 0) is 43.9 Å². The van der Waals surface area contributed by atoms with Gasteiger partial charge in [0.25, 0.3) is 0 Å². The lowest BCUT2D eigenvalue weighted by Gasteiger charge is -2.27. The molecule has 0 unspecified atom stereocenters. The van der Waals surface area contributed by atoms with E-state index in [1.54, 1.807) is 20.8 Å². The SMILES string of the molecule is CC(=O)c1c(C)c2ccc(NC(=O)[C@H](CC(N)=O)NC(=O)[C@@H](NC(=O)[C@H](CCC(N)=O)NC(=O)[C@@H](N)CC(N)=O)C(C)C)cc2oc1=O. The number of rotatable bonds is 17. The topological polar surface area (TPSA) is 319 Å². The zero-order chi connectivity index (χ0) is 36.5. The zero-order valence-electron chi connectivity index (χ0n) is 26.8. The number of hydrogen-bond acceptors (Lipinski definition) is 11. The lowest BCUT2D eigenvalue weighted by atomic mass is 10.0. The molecule has 18 heteroatoms. The molecule has 0 aliphatic heterocycles. The second-order valence-electron chi connectivity index (χ2n) is 11.5. The minimum atomic E-state index is -1.53. The van der Waals surface area contributed by atoms with Crippen molar-refractivity contribution in [1.29, 1.82) is 0 Å². The molecule has 0 fully saturated rings. The van der Waals surface area contributed by atoms with E-state index < -0.39 is 95.7 Å². The number of nitrogens with one attached hydrogen (secondary N) is 4. The molecule has 0 saturated heterocycles. The molecular weight excluding hydrogens is 632 g/mol. The summed E-state index contributed by atoms with van der Waals surface area (Å²) in [5.74, 6) is -7.31. The van der Waals surface area contributed by atoms with Crippen LogP contribution < -0.4 is 49.8 Å². The molecule has 18 nitrogen and oxygen atoms in total. The fourth-order valence-electron chi connectivity index (χ4n) is 4.67. The molecule has 1 aromatic heterocycles. The summed E-state index contributed by atoms with van der Waals surface area (Å²) in [6, 6.07) is -1.39. The van der Waals surface area contributed by atoms with Gasteiger partial charge in [0, 0.05) is 23.6 Å². The Morgan fingerprint density at radius 3 is 1.94 bits per heavy atom. The zero-order valence-corrected chi connectivity index (χ0v) is 26.8. The molecule has 4 atom stereocenters. The summed E-state index contributed by atoms with van der Waals surface area (Å²) in [5.41, 5.74) is 20.8. The maximum absolute atomic E-state index is 13.4. The summed E-state index contributed by atoms with van der Waals surface area (Å²) in [4.78, 5) is 111. The van der Waals surface area contributed by atoms with Crippen LogP contribution in [-0.4, -0.2) is 71.3 Å². The quantitative estimate of drug-likeness (QED) is 0.0652. The number of amides is 7. The van der Waals surface area contributed by atoms with Crippen LogP contribution in [0.3, 0.4) is 0 Å². The van der Waals surface area contributed by atoms with E-state index in [9.17, 15) is 43.2 Å². The number of ketones is 1. The number of fused-ring (bicyclic) bond motifs is 1. The van der Waals surface area contributed by atoms with Crippen molar-refractivity contribution in [2.24, 2.45) is 28.9 Å². The van der Waals surface area contributed by atoms with Crippen molar-refractivity contribution in [2.75, 3.05) is 5.32 Å². The van der Waals surface area contributed by atoms with E-state index in [-0.39, 0.29) is 29.7 Å². The van der Waals surface area contributed by atoms with Crippen LogP contribution in [-0.2, 0) is 33.6 Å². The van der Waals surface area contributed by atoms with E-state index in [4.69, 9.17) is 27.4 Å². The fraction of sp³-hybridized carbons (Fsp3) is 0.433. The van der Waals surface area contributed by atoms with Gasteiger partial charge in [-0.25, -0.2) is 4.79 Å². The molecule has 7 amide bonds. The summed E-state index contributed by atoms with van der Waals surface area (Å²) in [6.45, 7) is 5.93.